The van der Waals surface area contributed by atoms with E-state index in [1.165, 1.54) is 0 Å². The van der Waals surface area contributed by atoms with Gasteiger partial charge in [-0.05, 0) is 0 Å². The van der Waals surface area contributed by atoms with E-state index >= 15 is 13.2 Å². The summed E-state index contributed by atoms with van der Waals surface area (Å²) in [6.45, 7) is 0. The van der Waals surface area contributed by atoms with Crippen molar-refractivity contribution in [2.75, 3.05) is 0 Å². The SMILES string of the molecule is O=C([O-])c1cc([N+](=O)[O-])cc([N+](=O)[O][Sb]([O][N+](=O)c2cc(C(=O)[O-])cc([N+](=O)[O-])c2)([c]2cccc(F)c2)([c]2cccc(F)c2)[c]2cccc(F)c2)c1. The number of non-ortho nitro benzene ring substituents is 2. The molecule has 0 saturated carbocycles. The molecule has 0 bridgehead atoms. The Labute approximate surface area is 289 Å². The quantitative estimate of drug-likeness (QED) is 0.0946. The molecule has 5 rings (SSSR count). The zero-order valence-electron chi connectivity index (χ0n) is 25.7. The van der Waals surface area contributed by atoms with Crippen molar-refractivity contribution in [3.8, 4) is 0 Å². The molecule has 0 aliphatic heterocycles. The van der Waals surface area contributed by atoms with Crippen LogP contribution in [0.2, 0.25) is 0 Å². The van der Waals surface area contributed by atoms with Crippen LogP contribution in [0.3, 0.4) is 0 Å². The zero-order valence-corrected chi connectivity index (χ0v) is 28.2. The van der Waals surface area contributed by atoms with Crippen molar-refractivity contribution in [3.05, 3.63) is 168 Å². The van der Waals surface area contributed by atoms with E-state index in [9.17, 15) is 49.8 Å². The van der Waals surface area contributed by atoms with Gasteiger partial charge in [0.1, 0.15) is 0 Å². The van der Waals surface area contributed by atoms with Crippen molar-refractivity contribution in [2.24, 2.45) is 0 Å². The molecule has 0 radical (unpaired) electrons. The summed E-state index contributed by atoms with van der Waals surface area (Å²) in [5, 5.41) is 46.9. The van der Waals surface area contributed by atoms with Gasteiger partial charge in [0.2, 0.25) is 0 Å². The normalized spacial score (nSPS) is 11.8. The number of nitro groups is 2. The van der Waals surface area contributed by atoms with Crippen molar-refractivity contribution in [3.63, 3.8) is 0 Å². The number of halogens is 3. The molecule has 0 unspecified atom stereocenters. The number of nitrogens with zero attached hydrogens (tertiary/aromatic N) is 4. The summed E-state index contributed by atoms with van der Waals surface area (Å²) < 4.78 is 56.2. The molecule has 0 heterocycles. The van der Waals surface area contributed by atoms with Gasteiger partial charge in [0.15, 0.2) is 0 Å². The molecule has 0 fully saturated rings. The molecule has 0 amide bonds. The third-order valence-corrected chi connectivity index (χ3v) is 20.5. The van der Waals surface area contributed by atoms with Gasteiger partial charge in [-0.1, -0.05) is 0 Å². The Morgan fingerprint density at radius 1 is 0.500 bits per heavy atom. The first-order valence-electron chi connectivity index (χ1n) is 14.2. The number of carboxylic acids is 2. The fourth-order valence-electron chi connectivity index (χ4n) is 5.16. The maximum atomic E-state index is 15.2. The molecule has 20 heteroatoms. The standard InChI is InChI=1S/2C7H4N2O6.3C6H4F.Sb/c2*10-7(11)4-1-5(8(12)13)3-6(2-4)9(14)15;3*7-6-4-2-1-3-5-6;/h2*1-3H,(H,10,11);3*1-2,4-5H;/q;;;;;+2/p-2. The van der Waals surface area contributed by atoms with Crippen LogP contribution in [0.1, 0.15) is 20.7 Å². The van der Waals surface area contributed by atoms with Crippen LogP contribution in [-0.2, 0) is 6.23 Å². The first-order valence-corrected chi connectivity index (χ1v) is 20.1. The van der Waals surface area contributed by atoms with Crippen LogP contribution in [0.5, 0.6) is 0 Å². The van der Waals surface area contributed by atoms with E-state index in [2.05, 4.69) is 0 Å². The van der Waals surface area contributed by atoms with Gasteiger partial charge in [0, 0.05) is 0 Å². The van der Waals surface area contributed by atoms with Gasteiger partial charge in [0.25, 0.3) is 0 Å². The minimum atomic E-state index is -7.73. The Hall–Kier alpha value is -6.75. The number of rotatable bonds is 13. The summed E-state index contributed by atoms with van der Waals surface area (Å²) in [7, 11) is 0. The van der Waals surface area contributed by atoms with E-state index in [0.717, 1.165) is 54.6 Å². The van der Waals surface area contributed by atoms with E-state index in [1.807, 2.05) is 0 Å². The van der Waals surface area contributed by atoms with Gasteiger partial charge >= 0.3 is 290 Å². The second kappa shape index (κ2) is 13.9. The molecule has 0 aliphatic rings. The molecule has 5 aromatic rings. The number of benzene rings is 5. The molecule has 5 aromatic carbocycles. The van der Waals surface area contributed by atoms with E-state index in [0.29, 0.717) is 54.6 Å². The number of hydrogen-bond donors (Lipinski definition) is 0. The maximum absolute atomic E-state index is 15.2. The minimum absolute atomic E-state index is 0.535. The molecular formula is C32H18F3N4O12Sb. The average molecular weight is 829 g/mol. The molecule has 16 nitrogen and oxygen atoms in total. The van der Waals surface area contributed by atoms with Crippen LogP contribution in [0.25, 0.3) is 0 Å². The Morgan fingerprint density at radius 3 is 1.08 bits per heavy atom. The first-order chi connectivity index (χ1) is 24.5. The van der Waals surface area contributed by atoms with Crippen LogP contribution in [0.15, 0.2) is 109 Å². The van der Waals surface area contributed by atoms with Gasteiger partial charge in [-0.25, -0.2) is 0 Å². The van der Waals surface area contributed by atoms with Crippen molar-refractivity contribution in [2.45, 2.75) is 0 Å². The number of hydrogen-bond acceptors (Lipinski definition) is 12. The summed E-state index contributed by atoms with van der Waals surface area (Å²) >= 11 is -7.73. The van der Waals surface area contributed by atoms with Crippen LogP contribution in [0.4, 0.5) is 35.9 Å². The van der Waals surface area contributed by atoms with Crippen LogP contribution >= 0.6 is 0 Å². The van der Waals surface area contributed by atoms with E-state index in [-0.39, 0.29) is 0 Å². The molecule has 0 aromatic heterocycles. The van der Waals surface area contributed by atoms with E-state index in [1.54, 1.807) is 0 Å². The van der Waals surface area contributed by atoms with Crippen molar-refractivity contribution in [1.29, 1.82) is 0 Å². The van der Waals surface area contributed by atoms with Crippen LogP contribution in [0, 0.1) is 47.5 Å². The van der Waals surface area contributed by atoms with Crippen molar-refractivity contribution >= 4 is 63.5 Å². The molecule has 0 atom stereocenters. The number of carboxylic acid groups (broad SMARTS) is 2. The molecule has 264 valence electrons. The van der Waals surface area contributed by atoms with Gasteiger partial charge in [-0.3, -0.25) is 0 Å². The number of carbonyl (C=O) groups excluding carboxylic acids is 2. The van der Waals surface area contributed by atoms with Gasteiger partial charge in [-0.15, -0.1) is 0 Å². The van der Waals surface area contributed by atoms with Crippen molar-refractivity contribution < 1.29 is 58.9 Å². The molecular weight excluding hydrogens is 811 g/mol. The summed E-state index contributed by atoms with van der Waals surface area (Å²) in [5.74, 6) is -7.24. The predicted molar refractivity (Wildman–Crippen MR) is 167 cm³/mol. The molecule has 0 N–H and O–H groups in total. The molecule has 0 saturated heterocycles. The Balaban J connectivity index is 1.96. The third-order valence-electron chi connectivity index (χ3n) is 7.41. The van der Waals surface area contributed by atoms with Crippen LogP contribution < -0.4 is 20.7 Å². The molecule has 0 aliphatic carbocycles. The van der Waals surface area contributed by atoms with Gasteiger partial charge in [-0.2, -0.15) is 0 Å². The number of nitro benzene ring substituents is 2. The summed E-state index contributed by atoms with van der Waals surface area (Å²) in [6, 6.07) is 14.2. The summed E-state index contributed by atoms with van der Waals surface area (Å²) in [6.07, 6.45) is 0. The topological polar surface area (TPSA) is 225 Å². The average Bonchev–Trinajstić information content (AvgIpc) is 3.10. The van der Waals surface area contributed by atoms with Gasteiger partial charge < -0.3 is 0 Å². The summed E-state index contributed by atoms with van der Waals surface area (Å²) in [5.41, 5.74) is -5.71. The van der Waals surface area contributed by atoms with E-state index < -0.39 is 112 Å². The first kappa shape index (κ1) is 36.5. The Morgan fingerprint density at radius 2 is 0.808 bits per heavy atom. The Bertz CT molecular complexity index is 2090. The molecule has 52 heavy (non-hydrogen) atoms. The zero-order chi connectivity index (χ0) is 38.0. The third kappa shape index (κ3) is 6.71. The summed E-state index contributed by atoms with van der Waals surface area (Å²) in [4.78, 5) is 72.1. The fourth-order valence-corrected chi connectivity index (χ4v) is 17.7. The van der Waals surface area contributed by atoms with Crippen molar-refractivity contribution in [1.82, 2.24) is 0 Å². The second-order valence-corrected chi connectivity index (χ2v) is 21.5. The fraction of sp³-hybridized carbons (Fsp3) is 0. The number of aromatic carboxylic acids is 2. The Kier molecular flexibility index (Phi) is 9.74. The number of carbonyl (C=O) groups is 2. The monoisotopic (exact) mass is 828 g/mol. The second-order valence-electron chi connectivity index (χ2n) is 10.6. The molecule has 0 spiro atoms. The predicted octanol–water partition coefficient (Wildman–Crippen LogP) is 2.15. The van der Waals surface area contributed by atoms with E-state index in [4.69, 9.17) is 6.23 Å². The van der Waals surface area contributed by atoms with Crippen LogP contribution in [-0.4, -0.2) is 49.9 Å². The van der Waals surface area contributed by atoms with Gasteiger partial charge in [0.05, 0.1) is 0 Å².